The van der Waals surface area contributed by atoms with E-state index in [-0.39, 0.29) is 5.92 Å². The van der Waals surface area contributed by atoms with Crippen LogP contribution in [0.25, 0.3) is 0 Å². The van der Waals surface area contributed by atoms with E-state index in [0.717, 1.165) is 6.42 Å². The van der Waals surface area contributed by atoms with Crippen LogP contribution in [-0.4, -0.2) is 10.0 Å². The second-order valence-electron chi connectivity index (χ2n) is 8.09. The van der Waals surface area contributed by atoms with Crippen molar-refractivity contribution in [3.63, 3.8) is 0 Å². The highest BCUT2D eigenvalue weighted by Crippen LogP contribution is 2.26. The third-order valence-corrected chi connectivity index (χ3v) is 5.87. The maximum atomic E-state index is 9.78. The van der Waals surface area contributed by atoms with Crippen LogP contribution in [0.1, 0.15) is 130 Å². The normalized spacial score (nSPS) is 15.4. The Labute approximate surface area is 158 Å². The highest BCUT2D eigenvalue weighted by molar-refractivity contribution is 7.81. The molecule has 0 aromatic heterocycles. The molecule has 0 amide bonds. The lowest BCUT2D eigenvalue weighted by molar-refractivity contribution is 0.0948. The van der Waals surface area contributed by atoms with E-state index in [1.165, 1.54) is 103 Å². The van der Waals surface area contributed by atoms with Gasteiger partial charge in [-0.05, 0) is 19.3 Å². The molecule has 24 heavy (non-hydrogen) atoms. The van der Waals surface area contributed by atoms with Crippen LogP contribution >= 0.6 is 12.6 Å². The SMILES string of the molecule is CCCCCCCCCCCCCCCCCCC(C)C(C)(O)S. The Kier molecular flexibility index (Phi) is 17.0. The van der Waals surface area contributed by atoms with Crippen molar-refractivity contribution >= 4 is 12.6 Å². The van der Waals surface area contributed by atoms with E-state index in [2.05, 4.69) is 26.5 Å². The van der Waals surface area contributed by atoms with Gasteiger partial charge >= 0.3 is 0 Å². The van der Waals surface area contributed by atoms with Crippen molar-refractivity contribution in [1.82, 2.24) is 0 Å². The molecular weight excluding hydrogens is 312 g/mol. The number of aliphatic hydroxyl groups is 1. The van der Waals surface area contributed by atoms with Crippen molar-refractivity contribution in [2.45, 2.75) is 135 Å². The monoisotopic (exact) mass is 358 g/mol. The smallest absolute Gasteiger partial charge is 0.107 e. The summed E-state index contributed by atoms with van der Waals surface area (Å²) in [6, 6.07) is 0. The fourth-order valence-electron chi connectivity index (χ4n) is 3.27. The number of thiol groups is 1. The van der Waals surface area contributed by atoms with Crippen molar-refractivity contribution in [3.8, 4) is 0 Å². The summed E-state index contributed by atoms with van der Waals surface area (Å²) in [4.78, 5) is -0.810. The topological polar surface area (TPSA) is 20.2 Å². The van der Waals surface area contributed by atoms with Crippen LogP contribution < -0.4 is 0 Å². The van der Waals surface area contributed by atoms with Crippen molar-refractivity contribution in [1.29, 1.82) is 0 Å². The molecule has 0 bridgehead atoms. The van der Waals surface area contributed by atoms with E-state index < -0.39 is 4.93 Å². The zero-order valence-electron chi connectivity index (χ0n) is 17.0. The second kappa shape index (κ2) is 16.8. The van der Waals surface area contributed by atoms with Gasteiger partial charge in [-0.2, -0.15) is 0 Å². The van der Waals surface area contributed by atoms with Crippen LogP contribution in [0.4, 0.5) is 0 Å². The van der Waals surface area contributed by atoms with E-state index in [1.54, 1.807) is 6.92 Å². The third kappa shape index (κ3) is 17.1. The highest BCUT2D eigenvalue weighted by Gasteiger charge is 2.22. The minimum absolute atomic E-state index is 0.285. The number of unbranched alkanes of at least 4 members (excludes halogenated alkanes) is 15. The molecule has 2 unspecified atom stereocenters. The summed E-state index contributed by atoms with van der Waals surface area (Å²) in [5.74, 6) is 0.285. The summed E-state index contributed by atoms with van der Waals surface area (Å²) in [7, 11) is 0. The third-order valence-electron chi connectivity index (χ3n) is 5.42. The van der Waals surface area contributed by atoms with Crippen LogP contribution in [0, 0.1) is 5.92 Å². The Morgan fingerprint density at radius 2 is 0.958 bits per heavy atom. The first-order valence-electron chi connectivity index (χ1n) is 10.9. The molecule has 0 saturated carbocycles. The predicted molar refractivity (Wildman–Crippen MR) is 113 cm³/mol. The van der Waals surface area contributed by atoms with Gasteiger partial charge in [-0.3, -0.25) is 0 Å². The lowest BCUT2D eigenvalue weighted by atomic mass is 9.97. The molecule has 0 aromatic rings. The van der Waals surface area contributed by atoms with Crippen molar-refractivity contribution < 1.29 is 5.11 Å². The minimum atomic E-state index is -0.810. The van der Waals surface area contributed by atoms with Gasteiger partial charge in [0.05, 0.1) is 0 Å². The molecule has 1 N–H and O–H groups in total. The Hall–Kier alpha value is 0.310. The summed E-state index contributed by atoms with van der Waals surface area (Å²) in [5.41, 5.74) is 0. The average molecular weight is 359 g/mol. The van der Waals surface area contributed by atoms with E-state index in [0.29, 0.717) is 0 Å². The molecule has 0 spiro atoms. The molecule has 0 fully saturated rings. The maximum absolute atomic E-state index is 9.78. The molecule has 0 aromatic carbocycles. The summed E-state index contributed by atoms with van der Waals surface area (Å²) in [5, 5.41) is 9.78. The van der Waals surface area contributed by atoms with Gasteiger partial charge in [-0.25, -0.2) is 0 Å². The van der Waals surface area contributed by atoms with Crippen molar-refractivity contribution in [2.24, 2.45) is 5.92 Å². The molecule has 0 rings (SSSR count). The Balaban J connectivity index is 3.10. The minimum Gasteiger partial charge on any atom is -0.380 e. The fraction of sp³-hybridized carbons (Fsp3) is 1.00. The number of rotatable bonds is 18. The Morgan fingerprint density at radius 3 is 1.25 bits per heavy atom. The Bertz CT molecular complexity index is 247. The van der Waals surface area contributed by atoms with Crippen LogP contribution in [0.5, 0.6) is 0 Å². The van der Waals surface area contributed by atoms with Gasteiger partial charge in [0.15, 0.2) is 0 Å². The van der Waals surface area contributed by atoms with E-state index in [1.807, 2.05) is 0 Å². The molecule has 146 valence electrons. The zero-order chi connectivity index (χ0) is 18.1. The molecule has 1 nitrogen and oxygen atoms in total. The lowest BCUT2D eigenvalue weighted by Crippen LogP contribution is -2.25. The molecule has 0 aliphatic carbocycles. The largest absolute Gasteiger partial charge is 0.380 e. The molecule has 2 heteroatoms. The van der Waals surface area contributed by atoms with Gasteiger partial charge in [0, 0.05) is 0 Å². The van der Waals surface area contributed by atoms with Gasteiger partial charge in [0.2, 0.25) is 0 Å². The quantitative estimate of drug-likeness (QED) is 0.145. The summed E-state index contributed by atoms with van der Waals surface area (Å²) >= 11 is 4.24. The van der Waals surface area contributed by atoms with Gasteiger partial charge in [0.25, 0.3) is 0 Å². The first-order valence-corrected chi connectivity index (χ1v) is 11.4. The van der Waals surface area contributed by atoms with Gasteiger partial charge in [-0.1, -0.05) is 117 Å². The molecule has 0 aliphatic heterocycles. The van der Waals surface area contributed by atoms with Gasteiger partial charge in [-0.15, -0.1) is 12.6 Å². The highest BCUT2D eigenvalue weighted by atomic mass is 32.1. The van der Waals surface area contributed by atoms with Crippen LogP contribution in [0.3, 0.4) is 0 Å². The maximum Gasteiger partial charge on any atom is 0.107 e. The lowest BCUT2D eigenvalue weighted by Gasteiger charge is -2.24. The average Bonchev–Trinajstić information content (AvgIpc) is 2.53. The van der Waals surface area contributed by atoms with Gasteiger partial charge < -0.3 is 5.11 Å². The first kappa shape index (κ1) is 24.3. The van der Waals surface area contributed by atoms with Gasteiger partial charge in [0.1, 0.15) is 4.93 Å². The molecule has 2 atom stereocenters. The zero-order valence-corrected chi connectivity index (χ0v) is 17.9. The fourth-order valence-corrected chi connectivity index (χ4v) is 3.40. The number of hydrogen-bond acceptors (Lipinski definition) is 2. The standard InChI is InChI=1S/C22H46OS/c1-4-5-6-7-8-9-10-11-12-13-14-15-16-17-18-19-20-21(2)22(3,23)24/h21,23-24H,4-20H2,1-3H3. The van der Waals surface area contributed by atoms with Crippen molar-refractivity contribution in [2.75, 3.05) is 0 Å². The van der Waals surface area contributed by atoms with Crippen LogP contribution in [0.2, 0.25) is 0 Å². The van der Waals surface area contributed by atoms with E-state index >= 15 is 0 Å². The van der Waals surface area contributed by atoms with E-state index in [4.69, 9.17) is 0 Å². The number of hydrogen-bond donors (Lipinski definition) is 2. The molecule has 0 saturated heterocycles. The summed E-state index contributed by atoms with van der Waals surface area (Å²) in [6.45, 7) is 6.18. The molecule has 0 heterocycles. The molecule has 0 radical (unpaired) electrons. The summed E-state index contributed by atoms with van der Waals surface area (Å²) < 4.78 is 0. The molecule has 0 aliphatic rings. The van der Waals surface area contributed by atoms with Crippen LogP contribution in [0.15, 0.2) is 0 Å². The van der Waals surface area contributed by atoms with Crippen molar-refractivity contribution in [3.05, 3.63) is 0 Å². The Morgan fingerprint density at radius 1 is 0.667 bits per heavy atom. The second-order valence-corrected chi connectivity index (χ2v) is 8.99. The van der Waals surface area contributed by atoms with Crippen LogP contribution in [-0.2, 0) is 0 Å². The predicted octanol–water partition coefficient (Wildman–Crippen LogP) is 7.91. The van der Waals surface area contributed by atoms with E-state index in [9.17, 15) is 5.11 Å². The molecular formula is C22H46OS. The summed E-state index contributed by atoms with van der Waals surface area (Å²) in [6.07, 6.45) is 23.6. The first-order chi connectivity index (χ1) is 11.5.